The van der Waals surface area contributed by atoms with Gasteiger partial charge in [-0.1, -0.05) is 30.3 Å². The van der Waals surface area contributed by atoms with Crippen LogP contribution in [0.3, 0.4) is 0 Å². The van der Waals surface area contributed by atoms with Gasteiger partial charge in [-0.05, 0) is 77.9 Å². The fraction of sp³-hybridized carbons (Fsp3) is 0.286. The van der Waals surface area contributed by atoms with Gasteiger partial charge in [0.2, 0.25) is 5.91 Å². The normalized spacial score (nSPS) is 15.9. The van der Waals surface area contributed by atoms with E-state index in [2.05, 4.69) is 0 Å². The van der Waals surface area contributed by atoms with Crippen molar-refractivity contribution in [2.24, 2.45) is 5.73 Å². The molecule has 0 aliphatic carbocycles. The molecule has 182 valence electrons. The first-order chi connectivity index (χ1) is 16.7. The predicted octanol–water partition coefficient (Wildman–Crippen LogP) is 3.59. The molecule has 0 unspecified atom stereocenters. The minimum atomic E-state index is -1.06. The van der Waals surface area contributed by atoms with Crippen LogP contribution >= 0.6 is 0 Å². The molecule has 35 heavy (non-hydrogen) atoms. The quantitative estimate of drug-likeness (QED) is 0.503. The van der Waals surface area contributed by atoms with Gasteiger partial charge in [0.05, 0.1) is 13.2 Å². The van der Waals surface area contributed by atoms with Crippen LogP contribution in [0.5, 0.6) is 11.5 Å². The molecule has 0 aromatic heterocycles. The van der Waals surface area contributed by atoms with Crippen LogP contribution in [-0.4, -0.2) is 46.2 Å². The van der Waals surface area contributed by atoms with Crippen LogP contribution in [0.1, 0.15) is 27.8 Å². The number of benzene rings is 3. The van der Waals surface area contributed by atoms with E-state index in [0.717, 1.165) is 38.9 Å². The van der Waals surface area contributed by atoms with Gasteiger partial charge in [-0.2, -0.15) is 0 Å². The number of carbonyl (C=O) groups is 2. The van der Waals surface area contributed by atoms with Crippen molar-refractivity contribution < 1.29 is 24.5 Å². The number of hydrogen-bond acceptors (Lipinski definition) is 5. The Labute approximate surface area is 204 Å². The number of aromatic hydroxyl groups is 1. The minimum Gasteiger partial charge on any atom is -0.508 e. The lowest BCUT2D eigenvalue weighted by Crippen LogP contribution is -2.54. The Morgan fingerprint density at radius 1 is 1.09 bits per heavy atom. The molecule has 2 atom stereocenters. The molecule has 3 aromatic carbocycles. The minimum absolute atomic E-state index is 0.137. The van der Waals surface area contributed by atoms with E-state index in [1.165, 1.54) is 4.90 Å². The molecule has 0 fully saturated rings. The second-order valence-corrected chi connectivity index (χ2v) is 9.08. The van der Waals surface area contributed by atoms with Gasteiger partial charge in [0, 0.05) is 18.5 Å². The average Bonchev–Trinajstić information content (AvgIpc) is 2.84. The first-order valence-electron chi connectivity index (χ1n) is 11.5. The molecule has 0 saturated heterocycles. The lowest BCUT2D eigenvalue weighted by molar-refractivity contribution is -0.152. The van der Waals surface area contributed by atoms with Crippen molar-refractivity contribution in [3.63, 3.8) is 0 Å². The number of nitrogens with zero attached hydrogens (tertiary/aromatic N) is 1. The highest BCUT2D eigenvalue weighted by atomic mass is 16.5. The molecule has 4 N–H and O–H groups in total. The van der Waals surface area contributed by atoms with Crippen LogP contribution in [0.4, 0.5) is 0 Å². The summed E-state index contributed by atoms with van der Waals surface area (Å²) in [5.74, 6) is -0.659. The summed E-state index contributed by atoms with van der Waals surface area (Å²) in [5.41, 5.74) is 12.4. The highest BCUT2D eigenvalue weighted by molar-refractivity contribution is 5.88. The van der Waals surface area contributed by atoms with Crippen molar-refractivity contribution in [2.45, 2.75) is 45.3 Å². The predicted molar refractivity (Wildman–Crippen MR) is 133 cm³/mol. The SMILES string of the molecule is COc1cc2c(cc1-c1ccccc1)C[C@@H](C(=O)O)N(C(=O)[C@H](N)Cc1c(C)cc(O)cc1C)C2. The van der Waals surface area contributed by atoms with Crippen LogP contribution in [0.2, 0.25) is 0 Å². The Morgan fingerprint density at radius 2 is 1.74 bits per heavy atom. The number of phenolic OH excluding ortho intramolecular Hbond substituents is 1. The second-order valence-electron chi connectivity index (χ2n) is 9.08. The van der Waals surface area contributed by atoms with Crippen molar-refractivity contribution in [3.05, 3.63) is 82.4 Å². The fourth-order valence-electron chi connectivity index (χ4n) is 4.89. The van der Waals surface area contributed by atoms with Crippen LogP contribution in [-0.2, 0) is 29.0 Å². The smallest absolute Gasteiger partial charge is 0.326 e. The van der Waals surface area contributed by atoms with Crippen LogP contribution < -0.4 is 10.5 Å². The molecule has 1 aliphatic heterocycles. The summed E-state index contributed by atoms with van der Waals surface area (Å²) in [6.45, 7) is 3.85. The molecule has 3 aromatic rings. The molecule has 0 bridgehead atoms. The van der Waals surface area contributed by atoms with Gasteiger partial charge in [-0.3, -0.25) is 4.79 Å². The number of methoxy groups -OCH3 is 1. The summed E-state index contributed by atoms with van der Waals surface area (Å²) in [7, 11) is 1.60. The van der Waals surface area contributed by atoms with E-state index in [-0.39, 0.29) is 25.1 Å². The zero-order chi connectivity index (χ0) is 25.3. The maximum absolute atomic E-state index is 13.4. The number of carboxylic acid groups (broad SMARTS) is 1. The van der Waals surface area contributed by atoms with Gasteiger partial charge < -0.3 is 25.6 Å². The topological polar surface area (TPSA) is 113 Å². The van der Waals surface area contributed by atoms with Crippen LogP contribution in [0.25, 0.3) is 11.1 Å². The molecule has 0 saturated carbocycles. The largest absolute Gasteiger partial charge is 0.508 e. The Hall–Kier alpha value is -3.84. The number of hydrogen-bond donors (Lipinski definition) is 3. The van der Waals surface area contributed by atoms with Gasteiger partial charge in [-0.15, -0.1) is 0 Å². The molecular weight excluding hydrogens is 444 g/mol. The Bertz CT molecular complexity index is 1250. The summed E-state index contributed by atoms with van der Waals surface area (Å²) in [4.78, 5) is 27.0. The molecular formula is C28H30N2O5. The number of ether oxygens (including phenoxy) is 1. The first-order valence-corrected chi connectivity index (χ1v) is 11.5. The number of phenols is 1. The number of carbonyl (C=O) groups excluding carboxylic acids is 1. The Morgan fingerprint density at radius 3 is 2.34 bits per heavy atom. The van der Waals surface area contributed by atoms with Gasteiger partial charge in [0.15, 0.2) is 0 Å². The molecule has 1 amide bonds. The maximum atomic E-state index is 13.4. The summed E-state index contributed by atoms with van der Waals surface area (Å²) < 4.78 is 5.63. The van der Waals surface area contributed by atoms with Gasteiger partial charge >= 0.3 is 5.97 Å². The number of aliphatic carboxylic acids is 1. The van der Waals surface area contributed by atoms with Gasteiger partial charge in [-0.25, -0.2) is 4.79 Å². The summed E-state index contributed by atoms with van der Waals surface area (Å²) >= 11 is 0. The summed E-state index contributed by atoms with van der Waals surface area (Å²) in [5, 5.41) is 19.8. The zero-order valence-electron chi connectivity index (χ0n) is 20.1. The number of amides is 1. The van der Waals surface area contributed by atoms with E-state index < -0.39 is 24.0 Å². The summed E-state index contributed by atoms with van der Waals surface area (Å²) in [6.07, 6.45) is 0.437. The molecule has 0 spiro atoms. The van der Waals surface area contributed by atoms with E-state index in [1.54, 1.807) is 19.2 Å². The lowest BCUT2D eigenvalue weighted by Gasteiger charge is -2.36. The van der Waals surface area contributed by atoms with E-state index in [0.29, 0.717) is 5.75 Å². The molecule has 1 heterocycles. The third-order valence-electron chi connectivity index (χ3n) is 6.73. The third-order valence-corrected chi connectivity index (χ3v) is 6.73. The number of carboxylic acids is 1. The van der Waals surface area contributed by atoms with Crippen molar-refractivity contribution in [2.75, 3.05) is 7.11 Å². The lowest BCUT2D eigenvalue weighted by atomic mass is 9.89. The molecule has 0 radical (unpaired) electrons. The molecule has 7 nitrogen and oxygen atoms in total. The maximum Gasteiger partial charge on any atom is 0.326 e. The Balaban J connectivity index is 1.65. The highest BCUT2D eigenvalue weighted by Crippen LogP contribution is 2.36. The molecule has 4 rings (SSSR count). The molecule has 7 heteroatoms. The molecule has 1 aliphatic rings. The van der Waals surface area contributed by atoms with Crippen LogP contribution in [0.15, 0.2) is 54.6 Å². The van der Waals surface area contributed by atoms with E-state index in [9.17, 15) is 19.8 Å². The van der Waals surface area contributed by atoms with E-state index >= 15 is 0 Å². The Kier molecular flexibility index (Phi) is 6.80. The average molecular weight is 475 g/mol. The number of rotatable bonds is 6. The van der Waals surface area contributed by atoms with Gasteiger partial charge in [0.1, 0.15) is 17.5 Å². The second kappa shape index (κ2) is 9.80. The third kappa shape index (κ3) is 4.86. The monoisotopic (exact) mass is 474 g/mol. The standard InChI is InChI=1S/C28H30N2O5/c1-16-9-21(31)10-17(2)22(16)14-24(29)27(32)30-15-20-13-26(35-3)23(18-7-5-4-6-8-18)11-19(20)12-25(30)28(33)34/h4-11,13,24-25,31H,12,14-15,29H2,1-3H3,(H,33,34)/t24-,25+/m1/s1. The van der Waals surface area contributed by atoms with Crippen molar-refractivity contribution in [1.82, 2.24) is 4.90 Å². The zero-order valence-corrected chi connectivity index (χ0v) is 20.1. The fourth-order valence-corrected chi connectivity index (χ4v) is 4.89. The van der Waals surface area contributed by atoms with Crippen molar-refractivity contribution in [1.29, 1.82) is 0 Å². The number of fused-ring (bicyclic) bond motifs is 1. The van der Waals surface area contributed by atoms with Crippen molar-refractivity contribution in [3.8, 4) is 22.6 Å². The van der Waals surface area contributed by atoms with Gasteiger partial charge in [0.25, 0.3) is 0 Å². The van der Waals surface area contributed by atoms with Crippen LogP contribution in [0, 0.1) is 13.8 Å². The highest BCUT2D eigenvalue weighted by Gasteiger charge is 2.37. The van der Waals surface area contributed by atoms with E-state index in [4.69, 9.17) is 10.5 Å². The number of aryl methyl sites for hydroxylation is 2. The first kappa shape index (κ1) is 24.3. The van der Waals surface area contributed by atoms with Crippen molar-refractivity contribution >= 4 is 11.9 Å². The number of nitrogens with two attached hydrogens (primary N) is 1. The van der Waals surface area contributed by atoms with E-state index in [1.807, 2.05) is 56.3 Å². The summed E-state index contributed by atoms with van der Waals surface area (Å²) in [6, 6.07) is 14.9.